The summed E-state index contributed by atoms with van der Waals surface area (Å²) in [6.45, 7) is 3.83. The van der Waals surface area contributed by atoms with Crippen LogP contribution in [-0.2, 0) is 0 Å². The van der Waals surface area contributed by atoms with Crippen LogP contribution in [0.25, 0.3) is 0 Å². The third kappa shape index (κ3) is 2.75. The molecule has 0 aliphatic rings. The van der Waals surface area contributed by atoms with Crippen molar-refractivity contribution in [1.29, 1.82) is 0 Å². The average Bonchev–Trinajstić information content (AvgIpc) is 2.21. The Hall–Kier alpha value is -2.03. The molecule has 0 spiro atoms. The molecule has 0 saturated heterocycles. The minimum absolute atomic E-state index is 0.252. The smallest absolute Gasteiger partial charge is 0.125 e. The van der Waals surface area contributed by atoms with Crippen molar-refractivity contribution in [3.63, 3.8) is 0 Å². The lowest BCUT2D eigenvalue weighted by molar-refractivity contribution is 0.627. The van der Waals surface area contributed by atoms with E-state index in [0.29, 0.717) is 11.4 Å². The van der Waals surface area contributed by atoms with Gasteiger partial charge in [-0.2, -0.15) is 0 Å². The van der Waals surface area contributed by atoms with Crippen LogP contribution < -0.4 is 11.1 Å². The highest BCUT2D eigenvalue weighted by molar-refractivity contribution is 5.73. The molecule has 17 heavy (non-hydrogen) atoms. The number of rotatable bonds is 2. The topological polar surface area (TPSA) is 38.0 Å². The van der Waals surface area contributed by atoms with E-state index in [-0.39, 0.29) is 5.82 Å². The molecule has 2 aromatic carbocycles. The first kappa shape index (κ1) is 11.5. The third-order valence-corrected chi connectivity index (χ3v) is 2.53. The lowest BCUT2D eigenvalue weighted by atomic mass is 10.1. The van der Waals surface area contributed by atoms with Crippen LogP contribution in [0.2, 0.25) is 0 Å². The van der Waals surface area contributed by atoms with Gasteiger partial charge in [0.1, 0.15) is 5.82 Å². The summed E-state index contributed by atoms with van der Waals surface area (Å²) in [6.07, 6.45) is 0. The van der Waals surface area contributed by atoms with E-state index in [2.05, 4.69) is 5.32 Å². The van der Waals surface area contributed by atoms with Crippen LogP contribution in [0.3, 0.4) is 0 Å². The minimum Gasteiger partial charge on any atom is -0.397 e. The predicted molar refractivity (Wildman–Crippen MR) is 70.0 cm³/mol. The Morgan fingerprint density at radius 2 is 1.76 bits per heavy atom. The number of benzene rings is 2. The second kappa shape index (κ2) is 4.45. The molecule has 0 bridgehead atoms. The van der Waals surface area contributed by atoms with Gasteiger partial charge in [-0.25, -0.2) is 4.39 Å². The maximum Gasteiger partial charge on any atom is 0.125 e. The Morgan fingerprint density at radius 1 is 1.00 bits per heavy atom. The zero-order chi connectivity index (χ0) is 12.4. The average molecular weight is 230 g/mol. The van der Waals surface area contributed by atoms with Crippen molar-refractivity contribution in [2.24, 2.45) is 0 Å². The van der Waals surface area contributed by atoms with Crippen molar-refractivity contribution < 1.29 is 4.39 Å². The van der Waals surface area contributed by atoms with E-state index in [4.69, 9.17) is 5.73 Å². The van der Waals surface area contributed by atoms with E-state index < -0.39 is 0 Å². The maximum atomic E-state index is 13.2. The Balaban J connectivity index is 2.31. The van der Waals surface area contributed by atoms with Crippen molar-refractivity contribution in [2.75, 3.05) is 11.1 Å². The maximum absolute atomic E-state index is 13.2. The molecular weight excluding hydrogens is 215 g/mol. The van der Waals surface area contributed by atoms with Crippen molar-refractivity contribution in [3.8, 4) is 0 Å². The highest BCUT2D eigenvalue weighted by Crippen LogP contribution is 2.25. The largest absolute Gasteiger partial charge is 0.397 e. The molecule has 3 N–H and O–H groups in total. The number of nitrogens with one attached hydrogen (secondary N) is 1. The number of hydrogen-bond acceptors (Lipinski definition) is 2. The third-order valence-electron chi connectivity index (χ3n) is 2.53. The van der Waals surface area contributed by atoms with Gasteiger partial charge in [0, 0.05) is 5.69 Å². The first-order chi connectivity index (χ1) is 8.04. The summed E-state index contributed by atoms with van der Waals surface area (Å²) < 4.78 is 13.2. The summed E-state index contributed by atoms with van der Waals surface area (Å²) in [5.74, 6) is -0.252. The van der Waals surface area contributed by atoms with Crippen LogP contribution in [0.5, 0.6) is 0 Å². The quantitative estimate of drug-likeness (QED) is 0.771. The Morgan fingerprint density at radius 3 is 2.41 bits per heavy atom. The van der Waals surface area contributed by atoms with Crippen LogP contribution in [0.15, 0.2) is 36.4 Å². The summed E-state index contributed by atoms with van der Waals surface area (Å²) in [4.78, 5) is 0. The highest BCUT2D eigenvalue weighted by Gasteiger charge is 2.02. The van der Waals surface area contributed by atoms with Gasteiger partial charge in [0.15, 0.2) is 0 Å². The molecule has 0 aliphatic heterocycles. The van der Waals surface area contributed by atoms with Gasteiger partial charge in [-0.15, -0.1) is 0 Å². The SMILES string of the molecule is Cc1cc(F)cc(Nc2ccc(C)cc2N)c1. The number of nitrogens with two attached hydrogens (primary N) is 1. The standard InChI is InChI=1S/C14H15FN2/c1-9-3-4-14(13(16)7-9)17-12-6-10(2)5-11(15)8-12/h3-8,17H,16H2,1-2H3. The molecule has 2 aromatic rings. The molecule has 2 nitrogen and oxygen atoms in total. The monoisotopic (exact) mass is 230 g/mol. The normalized spacial score (nSPS) is 10.3. The fourth-order valence-electron chi connectivity index (χ4n) is 1.76. The van der Waals surface area contributed by atoms with Gasteiger partial charge in [-0.3, -0.25) is 0 Å². The molecule has 0 saturated carbocycles. The fourth-order valence-corrected chi connectivity index (χ4v) is 1.76. The number of nitrogen functional groups attached to an aromatic ring is 1. The number of hydrogen-bond donors (Lipinski definition) is 2. The second-order valence-electron chi connectivity index (χ2n) is 4.23. The summed E-state index contributed by atoms with van der Waals surface area (Å²) in [7, 11) is 0. The molecule has 88 valence electrons. The van der Waals surface area contributed by atoms with Gasteiger partial charge in [-0.05, 0) is 55.3 Å². The van der Waals surface area contributed by atoms with Gasteiger partial charge in [0.25, 0.3) is 0 Å². The zero-order valence-electron chi connectivity index (χ0n) is 9.92. The number of anilines is 3. The molecule has 0 heterocycles. The summed E-state index contributed by atoms with van der Waals surface area (Å²) in [5, 5.41) is 3.12. The molecule has 0 atom stereocenters. The second-order valence-corrected chi connectivity index (χ2v) is 4.23. The Labute approximate surface area is 100 Å². The molecular formula is C14H15FN2. The van der Waals surface area contributed by atoms with Crippen LogP contribution in [0.4, 0.5) is 21.5 Å². The first-order valence-corrected chi connectivity index (χ1v) is 5.45. The molecule has 0 aliphatic carbocycles. The van der Waals surface area contributed by atoms with Crippen LogP contribution in [0.1, 0.15) is 11.1 Å². The van der Waals surface area contributed by atoms with Crippen molar-refractivity contribution in [2.45, 2.75) is 13.8 Å². The van der Waals surface area contributed by atoms with E-state index >= 15 is 0 Å². The molecule has 0 aromatic heterocycles. The number of halogens is 1. The summed E-state index contributed by atoms with van der Waals surface area (Å²) in [5.41, 5.74) is 10.0. The summed E-state index contributed by atoms with van der Waals surface area (Å²) in [6, 6.07) is 10.6. The number of aryl methyl sites for hydroxylation is 2. The van der Waals surface area contributed by atoms with Crippen molar-refractivity contribution in [1.82, 2.24) is 0 Å². The van der Waals surface area contributed by atoms with E-state index in [1.807, 2.05) is 38.1 Å². The highest BCUT2D eigenvalue weighted by atomic mass is 19.1. The molecule has 0 unspecified atom stereocenters. The summed E-state index contributed by atoms with van der Waals surface area (Å²) >= 11 is 0. The van der Waals surface area contributed by atoms with Crippen molar-refractivity contribution in [3.05, 3.63) is 53.3 Å². The zero-order valence-corrected chi connectivity index (χ0v) is 9.92. The molecule has 0 radical (unpaired) electrons. The first-order valence-electron chi connectivity index (χ1n) is 5.45. The van der Waals surface area contributed by atoms with E-state index in [1.165, 1.54) is 12.1 Å². The van der Waals surface area contributed by atoms with Gasteiger partial charge >= 0.3 is 0 Å². The van der Waals surface area contributed by atoms with E-state index in [1.54, 1.807) is 0 Å². The van der Waals surface area contributed by atoms with Gasteiger partial charge < -0.3 is 11.1 Å². The van der Waals surface area contributed by atoms with E-state index in [9.17, 15) is 4.39 Å². The fraction of sp³-hybridized carbons (Fsp3) is 0.143. The predicted octanol–water partition coefficient (Wildman–Crippen LogP) is 3.77. The van der Waals surface area contributed by atoms with Gasteiger partial charge in [-0.1, -0.05) is 6.07 Å². The van der Waals surface area contributed by atoms with Gasteiger partial charge in [0.05, 0.1) is 11.4 Å². The van der Waals surface area contributed by atoms with Crippen LogP contribution in [0, 0.1) is 19.7 Å². The minimum atomic E-state index is -0.252. The lowest BCUT2D eigenvalue weighted by Crippen LogP contribution is -1.97. The lowest BCUT2D eigenvalue weighted by Gasteiger charge is -2.10. The van der Waals surface area contributed by atoms with Crippen LogP contribution >= 0.6 is 0 Å². The van der Waals surface area contributed by atoms with Crippen LogP contribution in [-0.4, -0.2) is 0 Å². The van der Waals surface area contributed by atoms with Crippen molar-refractivity contribution >= 4 is 17.1 Å². The van der Waals surface area contributed by atoms with E-state index in [0.717, 1.165) is 16.8 Å². The molecule has 2 rings (SSSR count). The Bertz CT molecular complexity index is 530. The molecule has 3 heteroatoms. The molecule has 0 amide bonds. The Kier molecular flexibility index (Phi) is 3.00. The van der Waals surface area contributed by atoms with Gasteiger partial charge in [0.2, 0.25) is 0 Å². The molecule has 0 fully saturated rings.